The number of nitrogens with zero attached hydrogens (tertiary/aromatic N) is 2. The number of likely N-dealkylation sites (tertiary alicyclic amines) is 1. The molecule has 2 bridgehead atoms. The number of amides is 3. The highest BCUT2D eigenvalue weighted by Crippen LogP contribution is 2.61. The zero-order chi connectivity index (χ0) is 33.9. The van der Waals surface area contributed by atoms with E-state index in [2.05, 4.69) is 34.4 Å². The number of benzene rings is 1. The second-order valence-electron chi connectivity index (χ2n) is 13.2. The summed E-state index contributed by atoms with van der Waals surface area (Å²) in [5.41, 5.74) is 1.19. The van der Waals surface area contributed by atoms with Gasteiger partial charge in [-0.25, -0.2) is 0 Å². The molecule has 1 aromatic carbocycles. The monoisotopic (exact) mass is 701 g/mol. The molecule has 1 unspecified atom stereocenters. The van der Waals surface area contributed by atoms with Crippen molar-refractivity contribution in [3.05, 3.63) is 54.6 Å². The second kappa shape index (κ2) is 14.8. The molecule has 0 aliphatic carbocycles. The molecule has 3 amide bonds. The maximum atomic E-state index is 15.0. The molecule has 1 spiro atoms. The molecule has 0 saturated carbocycles. The van der Waals surface area contributed by atoms with E-state index < -0.39 is 53.6 Å². The van der Waals surface area contributed by atoms with Gasteiger partial charge in [0.1, 0.15) is 17.7 Å². The molecule has 3 aliphatic heterocycles. The van der Waals surface area contributed by atoms with Crippen molar-refractivity contribution >= 4 is 45.3 Å². The number of carbonyl (C=O) groups is 4. The molecule has 3 saturated heterocycles. The van der Waals surface area contributed by atoms with E-state index >= 15 is 0 Å². The van der Waals surface area contributed by atoms with Gasteiger partial charge in [0.2, 0.25) is 11.8 Å². The van der Waals surface area contributed by atoms with Gasteiger partial charge in [-0.1, -0.05) is 60.1 Å². The number of anilines is 1. The smallest absolute Gasteiger partial charge is 0.312 e. The first-order valence-electron chi connectivity index (χ1n) is 16.1. The van der Waals surface area contributed by atoms with Crippen LogP contribution in [0.5, 0.6) is 0 Å². The Hall–Kier alpha value is -3.02. The van der Waals surface area contributed by atoms with Crippen LogP contribution in [-0.4, -0.2) is 88.1 Å². The number of ether oxygens (including phenoxy) is 2. The quantitative estimate of drug-likeness (QED) is 0.161. The van der Waals surface area contributed by atoms with E-state index in [1.165, 1.54) is 4.90 Å². The van der Waals surface area contributed by atoms with Crippen molar-refractivity contribution < 1.29 is 33.8 Å². The van der Waals surface area contributed by atoms with Crippen molar-refractivity contribution in [3.63, 3.8) is 0 Å². The van der Waals surface area contributed by atoms with Crippen LogP contribution < -0.4 is 10.2 Å². The minimum Gasteiger partial charge on any atom is -0.460 e. The molecule has 252 valence electrons. The molecule has 0 radical (unpaired) electrons. The minimum atomic E-state index is -1.32. The Kier molecular flexibility index (Phi) is 11.5. The normalized spacial score (nSPS) is 27.7. The van der Waals surface area contributed by atoms with Crippen LogP contribution in [0.2, 0.25) is 0 Å². The number of alkyl halides is 1. The van der Waals surface area contributed by atoms with Crippen LogP contribution in [0.1, 0.15) is 57.6 Å². The number of hydrogen-bond donors (Lipinski definition) is 2. The van der Waals surface area contributed by atoms with Crippen molar-refractivity contribution in [3.8, 4) is 0 Å². The number of hydrogen-bond acceptors (Lipinski definition) is 7. The number of aliphatic hydroxyl groups is 1. The van der Waals surface area contributed by atoms with Gasteiger partial charge < -0.3 is 29.7 Å². The first kappa shape index (κ1) is 35.8. The number of carbonyl (C=O) groups excluding carboxylic acids is 4. The minimum absolute atomic E-state index is 0.113. The maximum absolute atomic E-state index is 15.0. The third kappa shape index (κ3) is 6.69. The van der Waals surface area contributed by atoms with E-state index in [-0.39, 0.29) is 48.7 Å². The molecular weight excluding hydrogens is 654 g/mol. The molecule has 46 heavy (non-hydrogen) atoms. The SMILES string of the molecule is C=CCCC(=O)NC[C@@H](C)OC(=O)[C@H]1[C@@H]2O[C@@]3(CC2Br)[C@@H]1C(=O)N([C@@H](CO)CC(C)C)[C@@H]3C(=O)N(CC=C)c1c(C)cccc1C. The topological polar surface area (TPSA) is 125 Å². The van der Waals surface area contributed by atoms with Gasteiger partial charge >= 0.3 is 5.97 Å². The van der Waals surface area contributed by atoms with Gasteiger partial charge in [-0.15, -0.1) is 13.2 Å². The van der Waals surface area contributed by atoms with Crippen LogP contribution in [0.3, 0.4) is 0 Å². The fraction of sp³-hybridized carbons (Fsp3) is 0.600. The van der Waals surface area contributed by atoms with Crippen molar-refractivity contribution in [2.24, 2.45) is 17.8 Å². The lowest BCUT2D eigenvalue weighted by Crippen LogP contribution is -2.59. The van der Waals surface area contributed by atoms with E-state index in [4.69, 9.17) is 9.47 Å². The summed E-state index contributed by atoms with van der Waals surface area (Å²) in [6.45, 7) is 17.0. The van der Waals surface area contributed by atoms with E-state index in [0.29, 0.717) is 19.3 Å². The van der Waals surface area contributed by atoms with Crippen molar-refractivity contribution in [2.45, 2.75) is 95.0 Å². The zero-order valence-corrected chi connectivity index (χ0v) is 29.1. The number of allylic oxidation sites excluding steroid dienone is 1. The van der Waals surface area contributed by atoms with E-state index in [1.54, 1.807) is 24.0 Å². The van der Waals surface area contributed by atoms with Crippen LogP contribution in [0.15, 0.2) is 43.5 Å². The highest BCUT2D eigenvalue weighted by atomic mass is 79.9. The molecule has 3 heterocycles. The number of aryl methyl sites for hydroxylation is 2. The highest BCUT2D eigenvalue weighted by molar-refractivity contribution is 9.09. The van der Waals surface area contributed by atoms with Gasteiger partial charge in [0, 0.05) is 23.5 Å². The summed E-state index contributed by atoms with van der Waals surface area (Å²) in [6, 6.07) is 4.03. The van der Waals surface area contributed by atoms with Crippen LogP contribution in [-0.2, 0) is 28.7 Å². The van der Waals surface area contributed by atoms with E-state index in [0.717, 1.165) is 16.8 Å². The molecule has 8 atom stereocenters. The third-order valence-electron chi connectivity index (χ3n) is 9.35. The van der Waals surface area contributed by atoms with Crippen molar-refractivity contribution in [1.29, 1.82) is 0 Å². The molecule has 2 N–H and O–H groups in total. The Bertz CT molecular complexity index is 1330. The summed E-state index contributed by atoms with van der Waals surface area (Å²) in [5, 5.41) is 13.4. The highest BCUT2D eigenvalue weighted by Gasteiger charge is 2.77. The maximum Gasteiger partial charge on any atom is 0.312 e. The van der Waals surface area contributed by atoms with Crippen LogP contribution in [0.25, 0.3) is 0 Å². The number of halogens is 1. The summed E-state index contributed by atoms with van der Waals surface area (Å²) < 4.78 is 12.5. The van der Waals surface area contributed by atoms with Gasteiger partial charge in [-0.3, -0.25) is 19.2 Å². The Morgan fingerprint density at radius 1 is 1.22 bits per heavy atom. The van der Waals surface area contributed by atoms with Crippen molar-refractivity contribution in [1.82, 2.24) is 10.2 Å². The van der Waals surface area contributed by atoms with Gasteiger partial charge in [-0.05, 0) is 57.1 Å². The van der Waals surface area contributed by atoms with E-state index in [9.17, 15) is 24.3 Å². The number of aliphatic hydroxyl groups excluding tert-OH is 1. The summed E-state index contributed by atoms with van der Waals surface area (Å²) in [7, 11) is 0. The molecular formula is C35H48BrN3O7. The second-order valence-corrected chi connectivity index (χ2v) is 14.4. The Morgan fingerprint density at radius 2 is 1.89 bits per heavy atom. The van der Waals surface area contributed by atoms with Gasteiger partial charge in [-0.2, -0.15) is 0 Å². The molecule has 4 rings (SSSR count). The van der Waals surface area contributed by atoms with E-state index in [1.807, 2.05) is 45.9 Å². The lowest BCUT2D eigenvalue weighted by atomic mass is 9.70. The summed E-state index contributed by atoms with van der Waals surface area (Å²) >= 11 is 3.70. The number of esters is 1. The standard InChI is InChI=1S/C35H48BrN3O7/c1-8-10-14-26(41)37-18-23(7)45-34(44)27-28-32(42)39(24(19-40)16-20(3)4)31(35(28)17-25(36)30(27)46-35)33(43)38(15-9-2)29-21(5)12-11-13-22(29)6/h8-9,11-13,20,23-25,27-28,30-31,40H,1-2,10,14-19H2,3-7H3,(H,37,41)/t23-,24-,25?,27-,28+,30-,31-,35+/m1/s1. The lowest BCUT2D eigenvalue weighted by molar-refractivity contribution is -0.159. The van der Waals surface area contributed by atoms with Crippen LogP contribution in [0.4, 0.5) is 5.69 Å². The molecule has 10 nitrogen and oxygen atoms in total. The predicted octanol–water partition coefficient (Wildman–Crippen LogP) is 3.99. The fourth-order valence-electron chi connectivity index (χ4n) is 7.53. The molecule has 1 aromatic rings. The van der Waals surface area contributed by atoms with Crippen molar-refractivity contribution in [2.75, 3.05) is 24.6 Å². The Morgan fingerprint density at radius 3 is 2.48 bits per heavy atom. The average Bonchev–Trinajstić information content (AvgIpc) is 3.60. The third-order valence-corrected chi connectivity index (χ3v) is 10.2. The Labute approximate surface area is 280 Å². The lowest BCUT2D eigenvalue weighted by Gasteiger charge is -2.40. The summed E-state index contributed by atoms with van der Waals surface area (Å²) in [5.74, 6) is -3.37. The number of fused-ring (bicyclic) bond motifs is 1. The molecule has 11 heteroatoms. The first-order valence-corrected chi connectivity index (χ1v) is 17.1. The van der Waals surface area contributed by atoms with Crippen LogP contribution in [0, 0.1) is 31.6 Å². The zero-order valence-electron chi connectivity index (χ0n) is 27.5. The fourth-order valence-corrected chi connectivity index (χ4v) is 8.47. The predicted molar refractivity (Wildman–Crippen MR) is 179 cm³/mol. The van der Waals surface area contributed by atoms with Gasteiger partial charge in [0.05, 0.1) is 37.1 Å². The first-order chi connectivity index (χ1) is 21.8. The Balaban J connectivity index is 1.73. The molecule has 0 aromatic heterocycles. The largest absolute Gasteiger partial charge is 0.460 e. The van der Waals surface area contributed by atoms with Gasteiger partial charge in [0.15, 0.2) is 0 Å². The number of rotatable bonds is 15. The molecule has 3 aliphatic rings. The number of nitrogens with one attached hydrogen (secondary N) is 1. The number of para-hydroxylation sites is 1. The van der Waals surface area contributed by atoms with Gasteiger partial charge in [0.25, 0.3) is 5.91 Å². The van der Waals surface area contributed by atoms with Crippen LogP contribution >= 0.6 is 15.9 Å². The molecule has 3 fully saturated rings. The summed E-state index contributed by atoms with van der Waals surface area (Å²) in [6.07, 6.45) is 3.56. The average molecular weight is 703 g/mol. The summed E-state index contributed by atoms with van der Waals surface area (Å²) in [4.78, 5) is 58.3.